The summed E-state index contributed by atoms with van der Waals surface area (Å²) in [7, 11) is 1.28. The van der Waals surface area contributed by atoms with Gasteiger partial charge in [-0.05, 0) is 50.3 Å². The van der Waals surface area contributed by atoms with E-state index in [1.54, 1.807) is 32.1 Å². The van der Waals surface area contributed by atoms with E-state index in [4.69, 9.17) is 9.47 Å². The van der Waals surface area contributed by atoms with Crippen LogP contribution in [0.1, 0.15) is 55.9 Å². The Hall–Kier alpha value is -3.66. The number of allylic oxidation sites excluding steroid dienone is 3. The number of nitrogens with one attached hydrogen (secondary N) is 1. The highest BCUT2D eigenvalue weighted by molar-refractivity contribution is 7.10. The van der Waals surface area contributed by atoms with Crippen molar-refractivity contribution >= 4 is 28.8 Å². The maximum Gasteiger partial charge on any atom is 0.337 e. The molecule has 2 heterocycles. The molecule has 1 aliphatic heterocycles. The molecule has 2 aromatic rings. The van der Waals surface area contributed by atoms with E-state index in [2.05, 4.69) is 5.32 Å². The van der Waals surface area contributed by atoms with Crippen LogP contribution in [0.2, 0.25) is 0 Å². The lowest BCUT2D eigenvalue weighted by Crippen LogP contribution is -2.36. The molecule has 0 unspecified atom stereocenters. The number of Topliss-reactive ketones (excluding diaryl/α,β-unsaturated/α-hetero) is 1. The van der Waals surface area contributed by atoms with Crippen molar-refractivity contribution in [3.05, 3.63) is 72.7 Å². The highest BCUT2D eigenvalue weighted by Gasteiger charge is 2.42. The number of carbonyl (C=O) groups excluding carboxylic acids is 2. The van der Waals surface area contributed by atoms with Gasteiger partial charge in [-0.1, -0.05) is 6.07 Å². The average molecular weight is 499 g/mol. The number of dihydropyridines is 1. The van der Waals surface area contributed by atoms with Crippen LogP contribution in [0.3, 0.4) is 0 Å². The topological polar surface area (TPSA) is 128 Å². The lowest BCUT2D eigenvalue weighted by atomic mass is 9.72. The van der Waals surface area contributed by atoms with Crippen molar-refractivity contribution in [2.75, 3.05) is 7.11 Å². The first-order valence-electron chi connectivity index (χ1n) is 11.2. The fourth-order valence-electron chi connectivity index (χ4n) is 4.72. The van der Waals surface area contributed by atoms with Crippen molar-refractivity contribution in [2.24, 2.45) is 0 Å². The second kappa shape index (κ2) is 9.53. The lowest BCUT2D eigenvalue weighted by molar-refractivity contribution is -0.386. The van der Waals surface area contributed by atoms with Gasteiger partial charge in [0.25, 0.3) is 0 Å². The summed E-state index contributed by atoms with van der Waals surface area (Å²) in [4.78, 5) is 38.8. The normalized spacial score (nSPS) is 20.0. The third kappa shape index (κ3) is 4.53. The lowest BCUT2D eigenvalue weighted by Gasteiger charge is -2.36. The molecule has 0 spiro atoms. The van der Waals surface area contributed by atoms with Crippen LogP contribution in [-0.4, -0.2) is 35.0 Å². The van der Waals surface area contributed by atoms with Gasteiger partial charge >= 0.3 is 11.7 Å². The number of nitro groups is 1. The summed E-state index contributed by atoms with van der Waals surface area (Å²) in [5, 5.41) is 27.2. The number of nitrogens with zero attached hydrogens (tertiary/aromatic N) is 1. The molecule has 0 fully saturated rings. The summed E-state index contributed by atoms with van der Waals surface area (Å²) in [6.07, 6.45) is 0.396. The number of nitro benzene ring substituents is 1. The van der Waals surface area contributed by atoms with Crippen molar-refractivity contribution in [1.82, 2.24) is 5.32 Å². The summed E-state index contributed by atoms with van der Waals surface area (Å²) in [5.41, 5.74) is 1.47. The number of aromatic hydroxyl groups is 1. The van der Waals surface area contributed by atoms with Gasteiger partial charge in [0, 0.05) is 46.2 Å². The molecule has 2 N–H and O–H groups in total. The number of carbonyl (C=O) groups is 2. The minimum absolute atomic E-state index is 0.00458. The number of methoxy groups -OCH3 is 1. The van der Waals surface area contributed by atoms with Gasteiger partial charge in [-0.3, -0.25) is 14.9 Å². The Morgan fingerprint density at radius 2 is 2.06 bits per heavy atom. The van der Waals surface area contributed by atoms with Crippen LogP contribution in [0, 0.1) is 10.1 Å². The quantitative estimate of drug-likeness (QED) is 0.334. The van der Waals surface area contributed by atoms with Gasteiger partial charge in [0.05, 0.1) is 23.7 Å². The molecule has 4 rings (SSSR count). The first-order chi connectivity index (χ1) is 16.6. The molecule has 1 aromatic carbocycles. The third-order valence-electron chi connectivity index (χ3n) is 6.16. The minimum Gasteiger partial charge on any atom is -0.500 e. The van der Waals surface area contributed by atoms with E-state index in [0.717, 1.165) is 4.88 Å². The minimum atomic E-state index is -0.914. The van der Waals surface area contributed by atoms with Gasteiger partial charge in [-0.15, -0.1) is 11.3 Å². The van der Waals surface area contributed by atoms with Crippen LogP contribution < -0.4 is 10.1 Å². The Morgan fingerprint density at radius 1 is 1.31 bits per heavy atom. The molecule has 184 valence electrons. The van der Waals surface area contributed by atoms with Crippen LogP contribution >= 0.6 is 11.3 Å². The van der Waals surface area contributed by atoms with E-state index in [-0.39, 0.29) is 29.4 Å². The second-order valence-electron chi connectivity index (χ2n) is 8.83. The fourth-order valence-corrected chi connectivity index (χ4v) is 5.55. The van der Waals surface area contributed by atoms with Gasteiger partial charge in [0.1, 0.15) is 0 Å². The van der Waals surface area contributed by atoms with E-state index in [0.29, 0.717) is 29.0 Å². The highest BCUT2D eigenvalue weighted by Crippen LogP contribution is 2.49. The average Bonchev–Trinajstić information content (AvgIpc) is 3.32. The largest absolute Gasteiger partial charge is 0.500 e. The number of ketones is 1. The summed E-state index contributed by atoms with van der Waals surface area (Å²) in [6.45, 7) is 5.16. The first kappa shape index (κ1) is 24.5. The number of phenols is 1. The van der Waals surface area contributed by atoms with Crippen molar-refractivity contribution in [3.8, 4) is 11.5 Å². The molecule has 0 amide bonds. The number of benzene rings is 1. The Morgan fingerprint density at radius 3 is 2.66 bits per heavy atom. The molecule has 0 saturated carbocycles. The van der Waals surface area contributed by atoms with E-state index < -0.39 is 34.4 Å². The third-order valence-corrected chi connectivity index (χ3v) is 7.20. The zero-order valence-electron chi connectivity index (χ0n) is 19.8. The monoisotopic (exact) mass is 498 g/mol. The Bertz CT molecular complexity index is 1260. The van der Waals surface area contributed by atoms with E-state index in [9.17, 15) is 24.8 Å². The van der Waals surface area contributed by atoms with Gasteiger partial charge in [-0.2, -0.15) is 0 Å². The first-order valence-corrected chi connectivity index (χ1v) is 12.0. The number of thiophene rings is 1. The summed E-state index contributed by atoms with van der Waals surface area (Å²) < 4.78 is 10.7. The maximum atomic E-state index is 13.6. The molecular formula is C25H26N2O7S. The maximum absolute atomic E-state index is 13.6. The molecule has 1 aliphatic carbocycles. The number of hydrogen-bond donors (Lipinski definition) is 2. The van der Waals surface area contributed by atoms with Crippen molar-refractivity contribution in [3.63, 3.8) is 0 Å². The van der Waals surface area contributed by atoms with Crippen LogP contribution in [0.15, 0.2) is 52.2 Å². The zero-order chi connectivity index (χ0) is 25.4. The Labute approximate surface area is 206 Å². The molecule has 2 aliphatic rings. The van der Waals surface area contributed by atoms with Gasteiger partial charge in [0.15, 0.2) is 11.5 Å². The number of rotatable bonds is 6. The summed E-state index contributed by atoms with van der Waals surface area (Å²) in [5.74, 6) is -2.44. The van der Waals surface area contributed by atoms with E-state index >= 15 is 0 Å². The smallest absolute Gasteiger partial charge is 0.337 e. The summed E-state index contributed by atoms with van der Waals surface area (Å²) >= 11 is 1.58. The molecule has 0 radical (unpaired) electrons. The SMILES string of the molecule is COc1cc([C@@H]2C(C(=O)OC(C)C)=C(C)NC3=C2C(=O)C[C@H](c2cccs2)C3)cc([N+](=O)[O-])c1O. The van der Waals surface area contributed by atoms with Crippen LogP contribution in [0.5, 0.6) is 11.5 Å². The second-order valence-corrected chi connectivity index (χ2v) is 9.81. The van der Waals surface area contributed by atoms with Gasteiger partial charge in [0.2, 0.25) is 5.75 Å². The molecular weight excluding hydrogens is 472 g/mol. The predicted molar refractivity (Wildman–Crippen MR) is 129 cm³/mol. The number of ether oxygens (including phenoxy) is 2. The molecule has 35 heavy (non-hydrogen) atoms. The zero-order valence-corrected chi connectivity index (χ0v) is 20.6. The van der Waals surface area contributed by atoms with Crippen LogP contribution in [0.4, 0.5) is 5.69 Å². The van der Waals surface area contributed by atoms with Crippen molar-refractivity contribution < 1.29 is 29.1 Å². The number of hydrogen-bond acceptors (Lipinski definition) is 9. The molecule has 1 aromatic heterocycles. The Balaban J connectivity index is 1.91. The predicted octanol–water partition coefficient (Wildman–Crippen LogP) is 4.68. The molecule has 9 nitrogen and oxygen atoms in total. The standard InChI is InChI=1S/C25H26N2O7S/c1-12(2)34-25(30)21-13(3)26-16-8-14(20-6-5-7-35-20)10-18(28)23(16)22(21)15-9-17(27(31)32)24(29)19(11-15)33-4/h5-7,9,11-12,14,22,26,29H,8,10H2,1-4H3/t14-,22-/m1/s1. The van der Waals surface area contributed by atoms with Crippen molar-refractivity contribution in [2.45, 2.75) is 51.6 Å². The molecule has 0 bridgehead atoms. The van der Waals surface area contributed by atoms with Gasteiger partial charge < -0.3 is 19.9 Å². The van der Waals surface area contributed by atoms with E-state index in [1.807, 2.05) is 17.5 Å². The van der Waals surface area contributed by atoms with Crippen LogP contribution in [-0.2, 0) is 14.3 Å². The van der Waals surface area contributed by atoms with Crippen LogP contribution in [0.25, 0.3) is 0 Å². The van der Waals surface area contributed by atoms with E-state index in [1.165, 1.54) is 19.2 Å². The van der Waals surface area contributed by atoms with Crippen molar-refractivity contribution in [1.29, 1.82) is 0 Å². The molecule has 2 atom stereocenters. The van der Waals surface area contributed by atoms with Gasteiger partial charge in [-0.25, -0.2) is 4.79 Å². The molecule has 10 heteroatoms. The number of esters is 1. The highest BCUT2D eigenvalue weighted by atomic mass is 32.1. The number of phenolic OH excluding ortho intramolecular Hbond substituents is 1. The Kier molecular flexibility index (Phi) is 6.66. The molecule has 0 saturated heterocycles. The fraction of sp³-hybridized carbons (Fsp3) is 0.360. The summed E-state index contributed by atoms with van der Waals surface area (Å²) in [6, 6.07) is 6.56.